The molecule has 0 saturated carbocycles. The highest BCUT2D eigenvalue weighted by atomic mass is 35.5. The highest BCUT2D eigenvalue weighted by molar-refractivity contribution is 6.31. The van der Waals surface area contributed by atoms with Crippen molar-refractivity contribution in [1.82, 2.24) is 15.5 Å². The number of nitrogens with one attached hydrogen (secondary N) is 2. The summed E-state index contributed by atoms with van der Waals surface area (Å²) in [6, 6.07) is 9.18. The Bertz CT molecular complexity index is 1260. The van der Waals surface area contributed by atoms with Gasteiger partial charge in [-0.1, -0.05) is 41.0 Å². The van der Waals surface area contributed by atoms with Crippen molar-refractivity contribution in [2.75, 3.05) is 20.3 Å². The van der Waals surface area contributed by atoms with Gasteiger partial charge in [-0.05, 0) is 49.6 Å². The molecular weight excluding hydrogens is 550 g/mol. The Kier molecular flexibility index (Phi) is 9.44. The Morgan fingerprint density at radius 1 is 1.25 bits per heavy atom. The molecule has 2 aliphatic heterocycles. The first kappa shape index (κ1) is 29.5. The number of nitrogens with zero attached hydrogens (tertiary/aromatic N) is 2. The molecule has 10 nitrogen and oxygen atoms in total. The Morgan fingerprint density at radius 3 is 2.75 bits per heavy atom. The maximum atomic E-state index is 13.8. The van der Waals surface area contributed by atoms with E-state index >= 15 is 0 Å². The zero-order valence-electron chi connectivity index (χ0n) is 22.3. The van der Waals surface area contributed by atoms with Gasteiger partial charge < -0.3 is 29.3 Å². The summed E-state index contributed by atoms with van der Waals surface area (Å²) in [5.74, 6) is -1.54. The molecule has 3 atom stereocenters. The van der Waals surface area contributed by atoms with Crippen molar-refractivity contribution in [3.8, 4) is 0 Å². The number of benzene rings is 2. The molecular formula is C27H31ClF2N4O6. The number of rotatable bonds is 8. The molecule has 2 aromatic carbocycles. The third kappa shape index (κ3) is 7.80. The average molecular weight is 581 g/mol. The van der Waals surface area contributed by atoms with Crippen LogP contribution in [0.1, 0.15) is 43.9 Å². The summed E-state index contributed by atoms with van der Waals surface area (Å²) >= 11 is 5.99. The van der Waals surface area contributed by atoms with Crippen LogP contribution in [0.15, 0.2) is 47.6 Å². The van der Waals surface area contributed by atoms with Crippen LogP contribution in [-0.2, 0) is 25.6 Å². The minimum Gasteiger partial charge on any atom is -0.447 e. The number of hydrogen-bond acceptors (Lipinski definition) is 7. The van der Waals surface area contributed by atoms with E-state index in [-0.39, 0.29) is 36.5 Å². The molecule has 2 aromatic rings. The van der Waals surface area contributed by atoms with Crippen LogP contribution in [0, 0.1) is 11.6 Å². The number of oxime groups is 1. The number of ether oxygens (including phenoxy) is 3. The molecule has 0 aromatic heterocycles. The van der Waals surface area contributed by atoms with Crippen molar-refractivity contribution < 1.29 is 37.4 Å². The number of hydrogen-bond donors (Lipinski definition) is 2. The maximum absolute atomic E-state index is 13.8. The maximum Gasteiger partial charge on any atom is 0.412 e. The number of urea groups is 1. The van der Waals surface area contributed by atoms with Crippen LogP contribution in [0.3, 0.4) is 0 Å². The zero-order valence-corrected chi connectivity index (χ0v) is 23.0. The monoisotopic (exact) mass is 580 g/mol. The molecule has 2 aliphatic rings. The summed E-state index contributed by atoms with van der Waals surface area (Å²) < 4.78 is 44.2. The van der Waals surface area contributed by atoms with E-state index in [2.05, 4.69) is 15.8 Å². The number of halogens is 3. The molecule has 3 amide bonds. The molecule has 216 valence electrons. The molecule has 4 rings (SSSR count). The van der Waals surface area contributed by atoms with Gasteiger partial charge in [0, 0.05) is 13.6 Å². The lowest BCUT2D eigenvalue weighted by atomic mass is 10.1. The summed E-state index contributed by atoms with van der Waals surface area (Å²) in [5.41, 5.74) is 1.00. The van der Waals surface area contributed by atoms with Gasteiger partial charge in [-0.25, -0.2) is 18.4 Å². The second-order valence-corrected chi connectivity index (χ2v) is 10.3. The van der Waals surface area contributed by atoms with Gasteiger partial charge in [-0.15, -0.1) is 0 Å². The standard InChI is InChI=1S/C27H31ClF2N4O6/c1-27(2)38-15-20(39-27)11-19(34(3)25(35)31-13-17-7-5-9-21(30)24(17)28)14-37-26(36)32-23-12-22(40-33-23)16-6-4-8-18(29)10-16/h4-10,19-20,22H,11-15H2,1-3H3,(H,31,35)(H,32,33,36)/t19-,20+,22?/m0/s1. The van der Waals surface area contributed by atoms with E-state index in [0.29, 0.717) is 24.2 Å². The quantitative estimate of drug-likeness (QED) is 0.461. The van der Waals surface area contributed by atoms with Crippen LogP contribution in [0.4, 0.5) is 18.4 Å². The van der Waals surface area contributed by atoms with Gasteiger partial charge >= 0.3 is 12.1 Å². The predicted molar refractivity (Wildman–Crippen MR) is 141 cm³/mol. The van der Waals surface area contributed by atoms with Gasteiger partial charge in [0.2, 0.25) is 0 Å². The average Bonchev–Trinajstić information content (AvgIpc) is 3.52. The molecule has 0 radical (unpaired) electrons. The molecule has 1 unspecified atom stereocenters. The summed E-state index contributed by atoms with van der Waals surface area (Å²) in [5, 5.41) is 9.01. The van der Waals surface area contributed by atoms with E-state index in [1.54, 1.807) is 39.1 Å². The molecule has 13 heteroatoms. The van der Waals surface area contributed by atoms with Crippen LogP contribution in [-0.4, -0.2) is 61.1 Å². The summed E-state index contributed by atoms with van der Waals surface area (Å²) in [6.45, 7) is 3.70. The lowest BCUT2D eigenvalue weighted by Gasteiger charge is -2.30. The minimum absolute atomic E-state index is 0.00376. The van der Waals surface area contributed by atoms with Crippen LogP contribution in [0.25, 0.3) is 0 Å². The van der Waals surface area contributed by atoms with E-state index in [1.807, 2.05) is 0 Å². The van der Waals surface area contributed by atoms with Crippen molar-refractivity contribution in [3.63, 3.8) is 0 Å². The molecule has 2 N–H and O–H groups in total. The summed E-state index contributed by atoms with van der Waals surface area (Å²) in [6.07, 6.45) is -1.15. The van der Waals surface area contributed by atoms with E-state index in [0.717, 1.165) is 0 Å². The van der Waals surface area contributed by atoms with Crippen LogP contribution >= 0.6 is 11.6 Å². The second kappa shape index (κ2) is 12.8. The van der Waals surface area contributed by atoms with Crippen LogP contribution < -0.4 is 10.6 Å². The van der Waals surface area contributed by atoms with Crippen LogP contribution in [0.2, 0.25) is 5.02 Å². The molecule has 40 heavy (non-hydrogen) atoms. The Hall–Kier alpha value is -3.48. The molecule has 1 saturated heterocycles. The van der Waals surface area contributed by atoms with E-state index in [1.165, 1.54) is 29.2 Å². The first-order valence-electron chi connectivity index (χ1n) is 12.7. The molecule has 1 fully saturated rings. The Morgan fingerprint density at radius 2 is 2.02 bits per heavy atom. The predicted octanol–water partition coefficient (Wildman–Crippen LogP) is 4.87. The number of amidine groups is 1. The van der Waals surface area contributed by atoms with E-state index in [4.69, 9.17) is 30.6 Å². The fraction of sp³-hybridized carbons (Fsp3) is 0.444. The zero-order chi connectivity index (χ0) is 28.9. The SMILES string of the molecule is CN(C(=O)NCc1cccc(F)c1Cl)[C@H](COC(=O)NC1=NOC(c2cccc(F)c2)C1)C[C@@H]1COC(C)(C)O1. The second-order valence-electron chi connectivity index (χ2n) is 9.94. The van der Waals surface area contributed by atoms with Crippen molar-refractivity contribution in [3.05, 3.63) is 70.2 Å². The highest BCUT2D eigenvalue weighted by Gasteiger charge is 2.36. The normalized spacial score (nSPS) is 20.3. The van der Waals surface area contributed by atoms with E-state index < -0.39 is 41.7 Å². The van der Waals surface area contributed by atoms with Crippen molar-refractivity contribution >= 4 is 29.6 Å². The number of amides is 3. The molecule has 0 bridgehead atoms. The topological polar surface area (TPSA) is 111 Å². The molecule has 2 heterocycles. The Balaban J connectivity index is 1.33. The first-order valence-corrected chi connectivity index (χ1v) is 13.1. The van der Waals surface area contributed by atoms with Gasteiger partial charge in [0.15, 0.2) is 17.7 Å². The van der Waals surface area contributed by atoms with E-state index in [9.17, 15) is 18.4 Å². The van der Waals surface area contributed by atoms with Gasteiger partial charge in [0.05, 0.1) is 30.2 Å². The van der Waals surface area contributed by atoms with Gasteiger partial charge in [0.25, 0.3) is 0 Å². The fourth-order valence-electron chi connectivity index (χ4n) is 4.33. The largest absolute Gasteiger partial charge is 0.447 e. The van der Waals surface area contributed by atoms with Crippen molar-refractivity contribution in [2.45, 2.75) is 57.3 Å². The molecule has 0 aliphatic carbocycles. The molecule has 0 spiro atoms. The first-order chi connectivity index (χ1) is 19.0. The van der Waals surface area contributed by atoms with Crippen molar-refractivity contribution in [1.29, 1.82) is 0 Å². The van der Waals surface area contributed by atoms with Gasteiger partial charge in [-0.2, -0.15) is 0 Å². The van der Waals surface area contributed by atoms with Gasteiger partial charge in [-0.3, -0.25) is 5.32 Å². The third-order valence-electron chi connectivity index (χ3n) is 6.47. The number of alkyl carbamates (subject to hydrolysis) is 1. The lowest BCUT2D eigenvalue weighted by molar-refractivity contribution is -0.140. The third-order valence-corrected chi connectivity index (χ3v) is 6.90. The lowest BCUT2D eigenvalue weighted by Crippen LogP contribution is -2.48. The highest BCUT2D eigenvalue weighted by Crippen LogP contribution is 2.28. The van der Waals surface area contributed by atoms with Crippen molar-refractivity contribution in [2.24, 2.45) is 5.16 Å². The number of carbonyl (C=O) groups is 2. The minimum atomic E-state index is -0.795. The number of likely N-dealkylation sites (N-methyl/N-ethyl adjacent to an activating group) is 1. The summed E-state index contributed by atoms with van der Waals surface area (Å²) in [7, 11) is 1.55. The summed E-state index contributed by atoms with van der Waals surface area (Å²) in [4.78, 5) is 32.2. The number of carbonyl (C=O) groups excluding carboxylic acids is 2. The smallest absolute Gasteiger partial charge is 0.412 e. The van der Waals surface area contributed by atoms with Gasteiger partial charge in [0.1, 0.15) is 18.2 Å². The van der Waals surface area contributed by atoms with Crippen LogP contribution in [0.5, 0.6) is 0 Å². The Labute approximate surface area is 235 Å². The fourth-order valence-corrected chi connectivity index (χ4v) is 4.52.